The molecule has 0 spiro atoms. The van der Waals surface area contributed by atoms with Crippen molar-refractivity contribution >= 4 is 21.8 Å². The summed E-state index contributed by atoms with van der Waals surface area (Å²) in [6, 6.07) is 4.23. The third-order valence-corrected chi connectivity index (χ3v) is 4.44. The monoisotopic (exact) mass is 309 g/mol. The fourth-order valence-corrected chi connectivity index (χ4v) is 3.21. The van der Waals surface area contributed by atoms with Crippen molar-refractivity contribution in [3.05, 3.63) is 27.7 Å². The molecular formula is C14H16BrNO2. The molecule has 0 radical (unpaired) electrons. The van der Waals surface area contributed by atoms with E-state index in [1.54, 1.807) is 7.11 Å². The standard InChI is InChI=1S/C14H16BrNO2/c1-8(9-3-4-9)16-7-10-5-11(15)6-12(18-2)13(10)14(16)17/h5-6,8-9H,3-4,7H2,1-2H3/t8-/m0/s1. The Balaban J connectivity index is 1.97. The van der Waals surface area contributed by atoms with Crippen LogP contribution in [0.25, 0.3) is 0 Å². The summed E-state index contributed by atoms with van der Waals surface area (Å²) in [5.41, 5.74) is 1.81. The number of fused-ring (bicyclic) bond motifs is 1. The highest BCUT2D eigenvalue weighted by Gasteiger charge is 2.39. The van der Waals surface area contributed by atoms with E-state index in [0.29, 0.717) is 24.3 Å². The van der Waals surface area contributed by atoms with Crippen LogP contribution in [0.15, 0.2) is 16.6 Å². The highest BCUT2D eigenvalue weighted by molar-refractivity contribution is 9.10. The second kappa shape index (κ2) is 4.26. The van der Waals surface area contributed by atoms with Gasteiger partial charge < -0.3 is 9.64 Å². The number of benzene rings is 1. The molecule has 0 unspecified atom stereocenters. The second-order valence-electron chi connectivity index (χ2n) is 5.15. The molecule has 1 aromatic carbocycles. The van der Waals surface area contributed by atoms with E-state index in [2.05, 4.69) is 22.9 Å². The molecule has 3 rings (SSSR count). The zero-order valence-corrected chi connectivity index (χ0v) is 12.2. The van der Waals surface area contributed by atoms with Crippen LogP contribution < -0.4 is 4.74 Å². The quantitative estimate of drug-likeness (QED) is 0.858. The molecule has 4 heteroatoms. The number of hydrogen-bond acceptors (Lipinski definition) is 2. The Morgan fingerprint density at radius 3 is 2.78 bits per heavy atom. The van der Waals surface area contributed by atoms with Crippen LogP contribution in [0.3, 0.4) is 0 Å². The van der Waals surface area contributed by atoms with Crippen molar-refractivity contribution in [2.45, 2.75) is 32.4 Å². The maximum atomic E-state index is 12.5. The number of methoxy groups -OCH3 is 1. The summed E-state index contributed by atoms with van der Waals surface area (Å²) in [6.45, 7) is 2.87. The predicted molar refractivity (Wildman–Crippen MR) is 72.8 cm³/mol. The summed E-state index contributed by atoms with van der Waals surface area (Å²) < 4.78 is 6.30. The lowest BCUT2D eigenvalue weighted by molar-refractivity contribution is 0.0695. The van der Waals surface area contributed by atoms with Gasteiger partial charge in [-0.2, -0.15) is 0 Å². The number of rotatable bonds is 3. The Kier molecular flexibility index (Phi) is 2.85. The Morgan fingerprint density at radius 1 is 1.44 bits per heavy atom. The van der Waals surface area contributed by atoms with Crippen LogP contribution in [-0.2, 0) is 6.54 Å². The van der Waals surface area contributed by atoms with Gasteiger partial charge >= 0.3 is 0 Å². The summed E-state index contributed by atoms with van der Waals surface area (Å²) >= 11 is 3.46. The van der Waals surface area contributed by atoms with E-state index in [0.717, 1.165) is 15.6 Å². The van der Waals surface area contributed by atoms with E-state index in [1.165, 1.54) is 12.8 Å². The molecule has 0 bridgehead atoms. The molecule has 1 aliphatic heterocycles. The number of hydrogen-bond donors (Lipinski definition) is 0. The Morgan fingerprint density at radius 2 is 2.17 bits per heavy atom. The number of carbonyl (C=O) groups is 1. The van der Waals surface area contributed by atoms with Crippen molar-refractivity contribution in [3.63, 3.8) is 0 Å². The minimum absolute atomic E-state index is 0.119. The van der Waals surface area contributed by atoms with Crippen molar-refractivity contribution < 1.29 is 9.53 Å². The SMILES string of the molecule is COc1cc(Br)cc2c1C(=O)N([C@@H](C)C1CC1)C2. The van der Waals surface area contributed by atoms with Gasteiger partial charge in [-0.3, -0.25) is 4.79 Å². The highest BCUT2D eigenvalue weighted by Crippen LogP contribution is 2.40. The van der Waals surface area contributed by atoms with Gasteiger partial charge in [-0.15, -0.1) is 0 Å². The lowest BCUT2D eigenvalue weighted by Gasteiger charge is -2.24. The number of carbonyl (C=O) groups excluding carboxylic acids is 1. The number of halogens is 1. The van der Waals surface area contributed by atoms with E-state index in [4.69, 9.17) is 4.74 Å². The highest BCUT2D eigenvalue weighted by atomic mass is 79.9. The Labute approximate surface area is 115 Å². The number of ether oxygens (including phenoxy) is 1. The molecule has 1 fully saturated rings. The lowest BCUT2D eigenvalue weighted by atomic mass is 10.1. The van der Waals surface area contributed by atoms with E-state index in [-0.39, 0.29) is 5.91 Å². The van der Waals surface area contributed by atoms with Gasteiger partial charge in [0.05, 0.1) is 12.7 Å². The first-order valence-corrected chi connectivity index (χ1v) is 7.08. The molecule has 1 atom stereocenters. The van der Waals surface area contributed by atoms with Gasteiger partial charge in [0.1, 0.15) is 5.75 Å². The smallest absolute Gasteiger partial charge is 0.258 e. The molecule has 96 valence electrons. The molecule has 1 aromatic rings. The van der Waals surface area contributed by atoms with Gasteiger partial charge in [0.15, 0.2) is 0 Å². The fraction of sp³-hybridized carbons (Fsp3) is 0.500. The van der Waals surface area contributed by atoms with Crippen molar-refractivity contribution in [2.24, 2.45) is 5.92 Å². The summed E-state index contributed by atoms with van der Waals surface area (Å²) in [5, 5.41) is 0. The first-order valence-electron chi connectivity index (χ1n) is 6.29. The fourth-order valence-electron chi connectivity index (χ4n) is 2.73. The first-order chi connectivity index (χ1) is 8.61. The van der Waals surface area contributed by atoms with Crippen molar-refractivity contribution in [1.29, 1.82) is 0 Å². The van der Waals surface area contributed by atoms with Crippen molar-refractivity contribution in [2.75, 3.05) is 7.11 Å². The zero-order valence-electron chi connectivity index (χ0n) is 10.6. The molecule has 3 nitrogen and oxygen atoms in total. The third kappa shape index (κ3) is 1.83. The van der Waals surface area contributed by atoms with Crippen LogP contribution >= 0.6 is 15.9 Å². The van der Waals surface area contributed by atoms with Crippen LogP contribution in [-0.4, -0.2) is 24.0 Å². The minimum atomic E-state index is 0.119. The Hall–Kier alpha value is -1.03. The van der Waals surface area contributed by atoms with Crippen LogP contribution in [0.2, 0.25) is 0 Å². The average molecular weight is 310 g/mol. The topological polar surface area (TPSA) is 29.5 Å². The number of amides is 1. The molecule has 0 N–H and O–H groups in total. The summed E-state index contributed by atoms with van der Waals surface area (Å²) in [4.78, 5) is 14.5. The largest absolute Gasteiger partial charge is 0.496 e. The molecular weight excluding hydrogens is 294 g/mol. The summed E-state index contributed by atoms with van der Waals surface area (Å²) in [5.74, 6) is 1.49. The van der Waals surface area contributed by atoms with Gasteiger partial charge in [0, 0.05) is 17.1 Å². The maximum absolute atomic E-state index is 12.5. The zero-order chi connectivity index (χ0) is 12.9. The van der Waals surface area contributed by atoms with Gasteiger partial charge in [0.25, 0.3) is 5.91 Å². The van der Waals surface area contributed by atoms with Gasteiger partial charge in [-0.1, -0.05) is 15.9 Å². The normalized spacial score (nSPS) is 19.9. The molecule has 0 aromatic heterocycles. The predicted octanol–water partition coefficient (Wildman–Crippen LogP) is 3.21. The van der Waals surface area contributed by atoms with E-state index in [9.17, 15) is 4.79 Å². The van der Waals surface area contributed by atoms with Gasteiger partial charge in [0.2, 0.25) is 0 Å². The van der Waals surface area contributed by atoms with Crippen molar-refractivity contribution in [3.8, 4) is 5.75 Å². The van der Waals surface area contributed by atoms with Crippen LogP contribution in [0.5, 0.6) is 5.75 Å². The molecule has 1 amide bonds. The van der Waals surface area contributed by atoms with Crippen LogP contribution in [0.4, 0.5) is 0 Å². The molecule has 18 heavy (non-hydrogen) atoms. The van der Waals surface area contributed by atoms with Crippen LogP contribution in [0.1, 0.15) is 35.7 Å². The summed E-state index contributed by atoms with van der Waals surface area (Å²) in [6.07, 6.45) is 2.50. The third-order valence-electron chi connectivity index (χ3n) is 3.98. The Bertz CT molecular complexity index is 511. The van der Waals surface area contributed by atoms with Gasteiger partial charge in [-0.05, 0) is 43.4 Å². The average Bonchev–Trinajstić information content (AvgIpc) is 3.13. The lowest BCUT2D eigenvalue weighted by Crippen LogP contribution is -2.34. The molecule has 2 aliphatic rings. The molecule has 1 saturated carbocycles. The van der Waals surface area contributed by atoms with Crippen molar-refractivity contribution in [1.82, 2.24) is 4.90 Å². The van der Waals surface area contributed by atoms with Crippen LogP contribution in [0, 0.1) is 5.92 Å². The minimum Gasteiger partial charge on any atom is -0.496 e. The van der Waals surface area contributed by atoms with E-state index < -0.39 is 0 Å². The van der Waals surface area contributed by atoms with Gasteiger partial charge in [-0.25, -0.2) is 0 Å². The first kappa shape index (κ1) is 12.0. The second-order valence-corrected chi connectivity index (χ2v) is 6.07. The number of nitrogens with zero attached hydrogens (tertiary/aromatic N) is 1. The summed E-state index contributed by atoms with van der Waals surface area (Å²) in [7, 11) is 1.61. The van der Waals surface area contributed by atoms with E-state index in [1.807, 2.05) is 17.0 Å². The molecule has 1 heterocycles. The maximum Gasteiger partial charge on any atom is 0.258 e. The molecule has 1 aliphatic carbocycles. The van der Waals surface area contributed by atoms with E-state index >= 15 is 0 Å². The molecule has 0 saturated heterocycles.